The van der Waals surface area contributed by atoms with Gasteiger partial charge >= 0.3 is 16.4 Å². The quantitative estimate of drug-likeness (QED) is 0.319. The van der Waals surface area contributed by atoms with Crippen LogP contribution in [-0.2, 0) is 33.0 Å². The molecule has 2 aliphatic heterocycles. The van der Waals surface area contributed by atoms with Gasteiger partial charge in [-0.3, -0.25) is 9.47 Å². The average molecular weight is 455 g/mol. The van der Waals surface area contributed by atoms with Crippen LogP contribution in [0.25, 0.3) is 0 Å². The minimum absolute atomic E-state index is 0.00781. The maximum atomic E-state index is 11.7. The maximum Gasteiger partial charge on any atom is 0.407 e. The number of rotatable bonds is 17. The number of hydrogen-bond acceptors (Lipinski definition) is 9. The second-order valence-corrected chi connectivity index (χ2v) is 9.17. The van der Waals surface area contributed by atoms with Crippen molar-refractivity contribution in [3.63, 3.8) is 0 Å². The molecule has 2 aliphatic rings. The fourth-order valence-electron chi connectivity index (χ4n) is 3.73. The maximum absolute atomic E-state index is 11.7. The lowest BCUT2D eigenvalue weighted by Gasteiger charge is -2.46. The Morgan fingerprint density at radius 3 is 1.93 bits per heavy atom. The predicted octanol–water partition coefficient (Wildman–Crippen LogP) is 3.09. The van der Waals surface area contributed by atoms with E-state index in [1.165, 1.54) is 51.4 Å². The van der Waals surface area contributed by atoms with E-state index in [9.17, 15) is 13.5 Å². The van der Waals surface area contributed by atoms with Crippen LogP contribution in [0.1, 0.15) is 90.4 Å². The molecule has 2 fully saturated rings. The summed E-state index contributed by atoms with van der Waals surface area (Å²) >= 11 is 0. The van der Waals surface area contributed by atoms with Crippen molar-refractivity contribution in [3.8, 4) is 0 Å². The first-order chi connectivity index (χ1) is 14.4. The molecule has 178 valence electrons. The van der Waals surface area contributed by atoms with E-state index in [0.29, 0.717) is 6.42 Å². The zero-order valence-electron chi connectivity index (χ0n) is 18.1. The zero-order chi connectivity index (χ0) is 21.9. The predicted molar refractivity (Wildman–Crippen MR) is 108 cm³/mol. The molecule has 2 rings (SSSR count). The number of hydrogen-bond donors (Lipinski definition) is 2. The Morgan fingerprint density at radius 1 is 0.867 bits per heavy atom. The summed E-state index contributed by atoms with van der Waals surface area (Å²) in [5.41, 5.74) is 0. The third kappa shape index (κ3) is 7.67. The molecule has 2 heterocycles. The first kappa shape index (κ1) is 25.9. The van der Waals surface area contributed by atoms with E-state index in [2.05, 4.69) is 6.92 Å². The second kappa shape index (κ2) is 12.6. The third-order valence-electron chi connectivity index (χ3n) is 5.36. The van der Waals surface area contributed by atoms with Gasteiger partial charge in [0.1, 0.15) is 0 Å². The lowest BCUT2D eigenvalue weighted by Crippen LogP contribution is -2.67. The molecule has 0 aromatic heterocycles. The third-order valence-corrected chi connectivity index (χ3v) is 6.27. The minimum Gasteiger partial charge on any atom is -0.394 e. The van der Waals surface area contributed by atoms with E-state index >= 15 is 0 Å². The first-order valence-corrected chi connectivity index (χ1v) is 12.6. The van der Waals surface area contributed by atoms with Gasteiger partial charge in [-0.1, -0.05) is 77.6 Å². The Kier molecular flexibility index (Phi) is 10.9. The second-order valence-electron chi connectivity index (χ2n) is 8.02. The first-order valence-electron chi connectivity index (χ1n) is 11.3. The summed E-state index contributed by atoms with van der Waals surface area (Å²) < 4.78 is 48.6. The lowest BCUT2D eigenvalue weighted by atomic mass is 10.0. The van der Waals surface area contributed by atoms with Crippen molar-refractivity contribution in [1.29, 1.82) is 0 Å². The van der Waals surface area contributed by atoms with Crippen LogP contribution in [0, 0.1) is 0 Å². The number of aliphatic hydroxyl groups is 2. The highest BCUT2D eigenvalue weighted by molar-refractivity contribution is 7.82. The van der Waals surface area contributed by atoms with Crippen molar-refractivity contribution >= 4 is 10.4 Å². The van der Waals surface area contributed by atoms with E-state index in [-0.39, 0.29) is 26.2 Å². The van der Waals surface area contributed by atoms with Gasteiger partial charge in [-0.15, -0.1) is 0 Å². The van der Waals surface area contributed by atoms with Crippen LogP contribution in [-0.4, -0.2) is 56.5 Å². The molecule has 0 aromatic carbocycles. The molecule has 0 bridgehead atoms. The van der Waals surface area contributed by atoms with Gasteiger partial charge in [-0.2, -0.15) is 12.6 Å². The molecule has 0 aliphatic carbocycles. The molecule has 1 unspecified atom stereocenters. The highest BCUT2D eigenvalue weighted by Gasteiger charge is 2.73. The van der Waals surface area contributed by atoms with Crippen LogP contribution >= 0.6 is 0 Å². The van der Waals surface area contributed by atoms with Crippen molar-refractivity contribution < 1.29 is 41.2 Å². The van der Waals surface area contributed by atoms with Crippen LogP contribution in [0.2, 0.25) is 0 Å². The molecule has 2 saturated heterocycles. The summed E-state index contributed by atoms with van der Waals surface area (Å²) in [7, 11) is -4.42. The average Bonchev–Trinajstić information content (AvgIpc) is 2.88. The van der Waals surface area contributed by atoms with Gasteiger partial charge in [-0.05, 0) is 6.42 Å². The molecule has 1 spiro atoms. The Balaban J connectivity index is 1.60. The summed E-state index contributed by atoms with van der Waals surface area (Å²) in [6.45, 7) is 2.13. The van der Waals surface area contributed by atoms with Gasteiger partial charge in [0.25, 0.3) is 5.79 Å². The van der Waals surface area contributed by atoms with E-state index in [1.54, 1.807) is 0 Å². The molecular formula is C20H38O9S. The Morgan fingerprint density at radius 2 is 1.40 bits per heavy atom. The molecule has 0 radical (unpaired) electrons. The summed E-state index contributed by atoms with van der Waals surface area (Å²) in [6.07, 6.45) is 12.9. The van der Waals surface area contributed by atoms with Crippen molar-refractivity contribution in [2.75, 3.05) is 19.8 Å². The minimum atomic E-state index is -4.42. The van der Waals surface area contributed by atoms with Gasteiger partial charge in [0.05, 0.1) is 19.8 Å². The topological polar surface area (TPSA) is 121 Å². The molecule has 0 aromatic rings. The number of ether oxygens (including phenoxy) is 3. The SMILES string of the molecule is CCCCCCCCCCCCCCC1(O)OS(=O)(=O)OC12OC(COCCO)O2. The number of aliphatic hydroxyl groups excluding tert-OH is 1. The van der Waals surface area contributed by atoms with E-state index < -0.39 is 28.4 Å². The van der Waals surface area contributed by atoms with Crippen molar-refractivity contribution in [1.82, 2.24) is 0 Å². The monoisotopic (exact) mass is 454 g/mol. The molecule has 30 heavy (non-hydrogen) atoms. The van der Waals surface area contributed by atoms with Gasteiger partial charge in [0.2, 0.25) is 0 Å². The van der Waals surface area contributed by atoms with E-state index in [4.69, 9.17) is 27.7 Å². The smallest absolute Gasteiger partial charge is 0.394 e. The van der Waals surface area contributed by atoms with E-state index in [0.717, 1.165) is 19.3 Å². The lowest BCUT2D eigenvalue weighted by molar-refractivity contribution is -0.569. The van der Waals surface area contributed by atoms with E-state index in [1.807, 2.05) is 0 Å². The molecule has 0 saturated carbocycles. The highest BCUT2D eigenvalue weighted by Crippen LogP contribution is 2.50. The van der Waals surface area contributed by atoms with Gasteiger partial charge in [0.15, 0.2) is 6.29 Å². The summed E-state index contributed by atoms with van der Waals surface area (Å²) in [4.78, 5) is 0. The van der Waals surface area contributed by atoms with Gasteiger partial charge in [0, 0.05) is 6.42 Å². The van der Waals surface area contributed by atoms with Crippen LogP contribution in [0.15, 0.2) is 0 Å². The van der Waals surface area contributed by atoms with Crippen LogP contribution in [0.3, 0.4) is 0 Å². The molecule has 2 N–H and O–H groups in total. The molecule has 10 heteroatoms. The van der Waals surface area contributed by atoms with Gasteiger partial charge < -0.3 is 14.9 Å². The van der Waals surface area contributed by atoms with Crippen molar-refractivity contribution in [3.05, 3.63) is 0 Å². The van der Waals surface area contributed by atoms with Crippen LogP contribution in [0.5, 0.6) is 0 Å². The van der Waals surface area contributed by atoms with Crippen LogP contribution in [0.4, 0.5) is 0 Å². The molecule has 0 amide bonds. The van der Waals surface area contributed by atoms with Crippen molar-refractivity contribution in [2.45, 2.75) is 108 Å². The fourth-order valence-corrected chi connectivity index (χ4v) is 4.76. The fraction of sp³-hybridized carbons (Fsp3) is 1.00. The van der Waals surface area contributed by atoms with Gasteiger partial charge in [-0.25, -0.2) is 4.18 Å². The summed E-state index contributed by atoms with van der Waals surface area (Å²) in [6, 6.07) is 0. The van der Waals surface area contributed by atoms with Crippen LogP contribution < -0.4 is 0 Å². The standard InChI is InChI=1S/C20H38O9S/c1-2-3-4-5-6-7-8-9-10-11-12-13-14-19(22)20(29-30(23,24)28-19)26-18(27-20)17-25-16-15-21/h18,21-22H,2-17H2,1H3. The molecule has 1 atom stereocenters. The summed E-state index contributed by atoms with van der Waals surface area (Å²) in [5, 5.41) is 19.4. The molecular weight excluding hydrogens is 416 g/mol. The Hall–Kier alpha value is -0.330. The normalized spacial score (nSPS) is 30.0. The molecule has 9 nitrogen and oxygen atoms in total. The zero-order valence-corrected chi connectivity index (χ0v) is 18.9. The highest BCUT2D eigenvalue weighted by atomic mass is 32.3. The Labute approximate surface area is 180 Å². The van der Waals surface area contributed by atoms with Crippen molar-refractivity contribution in [2.24, 2.45) is 0 Å². The largest absolute Gasteiger partial charge is 0.407 e. The summed E-state index contributed by atoms with van der Waals surface area (Å²) in [5.74, 6) is -4.41. The Bertz CT molecular complexity index is 577. The number of unbranched alkanes of at least 4 members (excludes halogenated alkanes) is 11.